The van der Waals surface area contributed by atoms with Crippen molar-refractivity contribution in [1.29, 1.82) is 0 Å². The maximum absolute atomic E-state index is 13.2. The second-order valence-corrected chi connectivity index (χ2v) is 8.82. The number of benzene rings is 3. The van der Waals surface area contributed by atoms with Crippen molar-refractivity contribution in [1.82, 2.24) is 0 Å². The molecular formula is C28H29NO4. The highest BCUT2D eigenvalue weighted by molar-refractivity contribution is 6.00. The molecule has 5 heteroatoms. The SMILES string of the molecule is COc1ccc(C(=O)CC2(C(N)=O)Cc3ccccc3C2)cc1OCCc1cccc(C)c1. The van der Waals surface area contributed by atoms with E-state index in [4.69, 9.17) is 15.2 Å². The molecule has 0 radical (unpaired) electrons. The van der Waals surface area contributed by atoms with Crippen LogP contribution in [0.2, 0.25) is 0 Å². The van der Waals surface area contributed by atoms with Gasteiger partial charge in [-0.25, -0.2) is 0 Å². The van der Waals surface area contributed by atoms with E-state index in [2.05, 4.69) is 25.1 Å². The number of nitrogens with two attached hydrogens (primary N) is 1. The number of primary amides is 1. The molecule has 0 fully saturated rings. The lowest BCUT2D eigenvalue weighted by Crippen LogP contribution is -2.39. The molecule has 0 unspecified atom stereocenters. The van der Waals surface area contributed by atoms with E-state index in [1.807, 2.05) is 30.3 Å². The van der Waals surface area contributed by atoms with E-state index in [1.54, 1.807) is 25.3 Å². The van der Waals surface area contributed by atoms with E-state index in [0.717, 1.165) is 17.5 Å². The number of amides is 1. The summed E-state index contributed by atoms with van der Waals surface area (Å²) >= 11 is 0. The van der Waals surface area contributed by atoms with Crippen molar-refractivity contribution < 1.29 is 19.1 Å². The monoisotopic (exact) mass is 443 g/mol. The Bertz CT molecular complexity index is 1160. The number of ketones is 1. The second-order valence-electron chi connectivity index (χ2n) is 8.82. The molecule has 0 spiro atoms. The zero-order chi connectivity index (χ0) is 23.4. The quantitative estimate of drug-likeness (QED) is 0.495. The minimum absolute atomic E-state index is 0.0616. The molecular weight excluding hydrogens is 414 g/mol. The molecule has 5 nitrogen and oxygen atoms in total. The fourth-order valence-corrected chi connectivity index (χ4v) is 4.60. The number of carbonyl (C=O) groups is 2. The molecule has 2 N–H and O–H groups in total. The van der Waals surface area contributed by atoms with Gasteiger partial charge in [-0.15, -0.1) is 0 Å². The average molecular weight is 444 g/mol. The van der Waals surface area contributed by atoms with Crippen LogP contribution in [0, 0.1) is 12.3 Å². The van der Waals surface area contributed by atoms with Crippen molar-refractivity contribution in [3.05, 3.63) is 94.5 Å². The van der Waals surface area contributed by atoms with Gasteiger partial charge in [-0.2, -0.15) is 0 Å². The van der Waals surface area contributed by atoms with E-state index in [0.29, 0.717) is 36.5 Å². The minimum atomic E-state index is -0.896. The first kappa shape index (κ1) is 22.6. The van der Waals surface area contributed by atoms with Crippen molar-refractivity contribution in [2.45, 2.75) is 32.6 Å². The van der Waals surface area contributed by atoms with Crippen molar-refractivity contribution >= 4 is 11.7 Å². The van der Waals surface area contributed by atoms with Crippen molar-refractivity contribution in [2.24, 2.45) is 11.1 Å². The highest BCUT2D eigenvalue weighted by atomic mass is 16.5. The van der Waals surface area contributed by atoms with Crippen molar-refractivity contribution in [3.8, 4) is 11.5 Å². The number of rotatable bonds is 9. The van der Waals surface area contributed by atoms with Crippen LogP contribution in [0.15, 0.2) is 66.7 Å². The summed E-state index contributed by atoms with van der Waals surface area (Å²) in [5.74, 6) is 0.510. The number of carbonyl (C=O) groups excluding carboxylic acids is 2. The Morgan fingerprint density at radius 2 is 1.67 bits per heavy atom. The van der Waals surface area contributed by atoms with Crippen LogP contribution in [0.3, 0.4) is 0 Å². The number of Topliss-reactive ketones (excluding diaryl/α,β-unsaturated/α-hetero) is 1. The molecule has 0 heterocycles. The second kappa shape index (κ2) is 9.49. The van der Waals surface area contributed by atoms with Crippen LogP contribution < -0.4 is 15.2 Å². The Kier molecular flexibility index (Phi) is 6.50. The maximum atomic E-state index is 13.2. The Morgan fingerprint density at radius 1 is 0.939 bits per heavy atom. The molecule has 0 saturated heterocycles. The Hall–Kier alpha value is -3.60. The summed E-state index contributed by atoms with van der Waals surface area (Å²) in [5, 5.41) is 0. The Morgan fingerprint density at radius 3 is 2.30 bits per heavy atom. The first-order chi connectivity index (χ1) is 15.9. The molecule has 1 amide bonds. The van der Waals surface area contributed by atoms with E-state index >= 15 is 0 Å². The summed E-state index contributed by atoms with van der Waals surface area (Å²) in [6.07, 6.45) is 1.78. The summed E-state index contributed by atoms with van der Waals surface area (Å²) in [6, 6.07) is 21.3. The summed E-state index contributed by atoms with van der Waals surface area (Å²) in [7, 11) is 1.57. The van der Waals surface area contributed by atoms with Gasteiger partial charge in [-0.1, -0.05) is 54.1 Å². The lowest BCUT2D eigenvalue weighted by Gasteiger charge is -2.24. The lowest BCUT2D eigenvalue weighted by molar-refractivity contribution is -0.127. The largest absolute Gasteiger partial charge is 0.493 e. The molecule has 0 atom stereocenters. The number of aryl methyl sites for hydroxylation is 1. The van der Waals surface area contributed by atoms with Crippen molar-refractivity contribution in [3.63, 3.8) is 0 Å². The maximum Gasteiger partial charge on any atom is 0.224 e. The van der Waals surface area contributed by atoms with Gasteiger partial charge in [0.1, 0.15) is 0 Å². The van der Waals surface area contributed by atoms with E-state index in [1.165, 1.54) is 11.1 Å². The van der Waals surface area contributed by atoms with Gasteiger partial charge < -0.3 is 15.2 Å². The first-order valence-corrected chi connectivity index (χ1v) is 11.2. The van der Waals surface area contributed by atoms with Crippen LogP contribution >= 0.6 is 0 Å². The van der Waals surface area contributed by atoms with Crippen molar-refractivity contribution in [2.75, 3.05) is 13.7 Å². The zero-order valence-corrected chi connectivity index (χ0v) is 19.1. The highest BCUT2D eigenvalue weighted by Gasteiger charge is 2.44. The zero-order valence-electron chi connectivity index (χ0n) is 19.1. The van der Waals surface area contributed by atoms with Gasteiger partial charge in [0, 0.05) is 18.4 Å². The smallest absolute Gasteiger partial charge is 0.224 e. The third kappa shape index (κ3) is 4.92. The molecule has 0 aromatic heterocycles. The normalized spacial score (nSPS) is 13.9. The Labute approximate surface area is 194 Å². The average Bonchev–Trinajstić information content (AvgIpc) is 3.18. The van der Waals surface area contributed by atoms with E-state index < -0.39 is 11.3 Å². The predicted molar refractivity (Wildman–Crippen MR) is 128 cm³/mol. The van der Waals surface area contributed by atoms with Crippen LogP contribution in [0.5, 0.6) is 11.5 Å². The molecule has 0 bridgehead atoms. The topological polar surface area (TPSA) is 78.6 Å². The van der Waals surface area contributed by atoms with Gasteiger partial charge in [0.2, 0.25) is 5.91 Å². The molecule has 4 rings (SSSR count). The number of ether oxygens (including phenoxy) is 2. The summed E-state index contributed by atoms with van der Waals surface area (Å²) in [5.41, 5.74) is 9.95. The van der Waals surface area contributed by atoms with Crippen LogP contribution in [-0.4, -0.2) is 25.4 Å². The van der Waals surface area contributed by atoms with E-state index in [-0.39, 0.29) is 12.2 Å². The van der Waals surface area contributed by atoms with Gasteiger partial charge in [0.05, 0.1) is 19.1 Å². The van der Waals surface area contributed by atoms with Crippen LogP contribution in [0.4, 0.5) is 0 Å². The minimum Gasteiger partial charge on any atom is -0.493 e. The predicted octanol–water partition coefficient (Wildman–Crippen LogP) is 4.47. The summed E-state index contributed by atoms with van der Waals surface area (Å²) in [6.45, 7) is 2.52. The van der Waals surface area contributed by atoms with Crippen LogP contribution in [-0.2, 0) is 24.1 Å². The summed E-state index contributed by atoms with van der Waals surface area (Å²) in [4.78, 5) is 25.7. The number of methoxy groups -OCH3 is 1. The molecule has 33 heavy (non-hydrogen) atoms. The van der Waals surface area contributed by atoms with Gasteiger partial charge in [-0.05, 0) is 54.7 Å². The molecule has 0 saturated carbocycles. The van der Waals surface area contributed by atoms with Gasteiger partial charge in [0.15, 0.2) is 17.3 Å². The number of hydrogen-bond donors (Lipinski definition) is 1. The third-order valence-electron chi connectivity index (χ3n) is 6.41. The third-order valence-corrected chi connectivity index (χ3v) is 6.41. The molecule has 1 aliphatic carbocycles. The van der Waals surface area contributed by atoms with Gasteiger partial charge in [-0.3, -0.25) is 9.59 Å². The lowest BCUT2D eigenvalue weighted by atomic mass is 9.78. The van der Waals surface area contributed by atoms with Gasteiger partial charge in [0.25, 0.3) is 0 Å². The number of fused-ring (bicyclic) bond motifs is 1. The first-order valence-electron chi connectivity index (χ1n) is 11.2. The standard InChI is InChI=1S/C28H29NO4/c1-19-6-5-7-20(14-19)12-13-33-26-15-21(10-11-25(26)32-2)24(30)18-28(27(29)31)16-22-8-3-4-9-23(22)17-28/h3-11,14-15H,12-13,16-18H2,1-2H3,(H2,29,31). The fourth-order valence-electron chi connectivity index (χ4n) is 4.60. The molecule has 3 aromatic carbocycles. The Balaban J connectivity index is 1.49. The molecule has 0 aliphatic heterocycles. The van der Waals surface area contributed by atoms with Gasteiger partial charge >= 0.3 is 0 Å². The molecule has 170 valence electrons. The summed E-state index contributed by atoms with van der Waals surface area (Å²) < 4.78 is 11.4. The highest BCUT2D eigenvalue weighted by Crippen LogP contribution is 2.41. The fraction of sp³-hybridized carbons (Fsp3) is 0.286. The van der Waals surface area contributed by atoms with E-state index in [9.17, 15) is 9.59 Å². The molecule has 3 aromatic rings. The van der Waals surface area contributed by atoms with Crippen LogP contribution in [0.1, 0.15) is 39.0 Å². The number of hydrogen-bond acceptors (Lipinski definition) is 4. The van der Waals surface area contributed by atoms with Crippen LogP contribution in [0.25, 0.3) is 0 Å². The molecule has 1 aliphatic rings.